The number of hydrogen-bond donors (Lipinski definition) is 6. The molecule has 158 valence electrons. The predicted molar refractivity (Wildman–Crippen MR) is 105 cm³/mol. The highest BCUT2D eigenvalue weighted by molar-refractivity contribution is 4.68. The number of nitrogens with one attached hydrogen (secondary N) is 2. The van der Waals surface area contributed by atoms with Crippen molar-refractivity contribution in [2.45, 2.75) is 52.1 Å². The minimum absolute atomic E-state index is 0.401. The molecule has 0 aliphatic rings. The predicted octanol–water partition coefficient (Wildman–Crippen LogP) is -1.71. The zero-order valence-electron chi connectivity index (χ0n) is 17.1. The average molecular weight is 379 g/mol. The second-order valence-electron chi connectivity index (χ2n) is 7.42. The molecule has 8 heteroatoms. The Balaban J connectivity index is 3.77. The molecule has 0 saturated carbocycles. The van der Waals surface area contributed by atoms with Crippen molar-refractivity contribution in [3.63, 3.8) is 0 Å². The van der Waals surface area contributed by atoms with Gasteiger partial charge in [0.2, 0.25) is 0 Å². The molecule has 0 bridgehead atoms. The van der Waals surface area contributed by atoms with Crippen molar-refractivity contribution in [3.05, 3.63) is 0 Å². The summed E-state index contributed by atoms with van der Waals surface area (Å²) in [4.78, 5) is 4.11. The first-order valence-corrected chi connectivity index (χ1v) is 9.79. The summed E-state index contributed by atoms with van der Waals surface area (Å²) in [5, 5.41) is 44.7. The monoisotopic (exact) mass is 378 g/mol. The van der Waals surface area contributed by atoms with Crippen LogP contribution in [0.4, 0.5) is 0 Å². The Bertz CT molecular complexity index is 268. The van der Waals surface area contributed by atoms with Gasteiger partial charge >= 0.3 is 0 Å². The van der Waals surface area contributed by atoms with Crippen LogP contribution in [-0.4, -0.2) is 120 Å². The Labute approximate surface area is 159 Å². The first kappa shape index (κ1) is 25.7. The molecule has 0 aromatic rings. The van der Waals surface area contributed by atoms with E-state index in [4.69, 9.17) is 0 Å². The first-order chi connectivity index (χ1) is 12.2. The van der Waals surface area contributed by atoms with Crippen LogP contribution in [0.5, 0.6) is 0 Å². The summed E-state index contributed by atoms with van der Waals surface area (Å²) >= 11 is 0. The van der Waals surface area contributed by atoms with Crippen LogP contribution in [0, 0.1) is 0 Å². The Hall–Kier alpha value is -0.320. The summed E-state index contributed by atoms with van der Waals surface area (Å²) in [5.41, 5.74) is 0. The van der Waals surface area contributed by atoms with Crippen LogP contribution in [0.2, 0.25) is 0 Å². The Morgan fingerprint density at radius 2 is 0.808 bits per heavy atom. The van der Waals surface area contributed by atoms with Gasteiger partial charge in [-0.1, -0.05) is 0 Å². The zero-order chi connectivity index (χ0) is 19.9. The fourth-order valence-corrected chi connectivity index (χ4v) is 2.91. The Morgan fingerprint density at radius 3 is 1.04 bits per heavy atom. The van der Waals surface area contributed by atoms with Crippen LogP contribution in [0.3, 0.4) is 0 Å². The molecule has 4 unspecified atom stereocenters. The van der Waals surface area contributed by atoms with Crippen molar-refractivity contribution in [2.24, 2.45) is 0 Å². The molecule has 0 saturated heterocycles. The Morgan fingerprint density at radius 1 is 0.538 bits per heavy atom. The summed E-state index contributed by atoms with van der Waals surface area (Å²) in [6.07, 6.45) is -1.61. The maximum absolute atomic E-state index is 9.50. The normalized spacial score (nSPS) is 16.8. The Kier molecular flexibility index (Phi) is 15.5. The van der Waals surface area contributed by atoms with E-state index in [1.54, 1.807) is 27.7 Å². The highest BCUT2D eigenvalue weighted by atomic mass is 16.3. The average Bonchev–Trinajstić information content (AvgIpc) is 2.47. The highest BCUT2D eigenvalue weighted by Crippen LogP contribution is 1.95. The second kappa shape index (κ2) is 15.7. The van der Waals surface area contributed by atoms with E-state index in [1.807, 2.05) is 0 Å². The largest absolute Gasteiger partial charge is 0.392 e. The quantitative estimate of drug-likeness (QED) is 0.166. The van der Waals surface area contributed by atoms with Crippen molar-refractivity contribution < 1.29 is 20.4 Å². The van der Waals surface area contributed by atoms with Crippen LogP contribution in [0.25, 0.3) is 0 Å². The van der Waals surface area contributed by atoms with Gasteiger partial charge in [0.05, 0.1) is 24.4 Å². The van der Waals surface area contributed by atoms with Crippen molar-refractivity contribution in [1.82, 2.24) is 20.4 Å². The minimum Gasteiger partial charge on any atom is -0.392 e. The van der Waals surface area contributed by atoms with Gasteiger partial charge in [-0.25, -0.2) is 0 Å². The van der Waals surface area contributed by atoms with E-state index in [2.05, 4.69) is 20.4 Å². The molecule has 0 heterocycles. The van der Waals surface area contributed by atoms with Gasteiger partial charge < -0.3 is 31.1 Å². The zero-order valence-corrected chi connectivity index (χ0v) is 17.1. The maximum atomic E-state index is 9.50. The number of rotatable bonds is 17. The van der Waals surface area contributed by atoms with E-state index in [0.717, 1.165) is 39.3 Å². The number of aliphatic hydroxyl groups excluding tert-OH is 4. The third-order valence-electron chi connectivity index (χ3n) is 3.78. The van der Waals surface area contributed by atoms with Crippen LogP contribution >= 0.6 is 0 Å². The van der Waals surface area contributed by atoms with E-state index < -0.39 is 24.4 Å². The van der Waals surface area contributed by atoms with Crippen LogP contribution in [-0.2, 0) is 0 Å². The minimum atomic E-state index is -0.401. The van der Waals surface area contributed by atoms with E-state index in [-0.39, 0.29) is 0 Å². The van der Waals surface area contributed by atoms with Gasteiger partial charge in [-0.15, -0.1) is 0 Å². The molecule has 8 nitrogen and oxygen atoms in total. The van der Waals surface area contributed by atoms with E-state index in [1.165, 1.54) is 0 Å². The van der Waals surface area contributed by atoms with Gasteiger partial charge in [-0.2, -0.15) is 0 Å². The van der Waals surface area contributed by atoms with E-state index in [9.17, 15) is 20.4 Å². The molecule has 26 heavy (non-hydrogen) atoms. The number of hydrogen-bond acceptors (Lipinski definition) is 8. The fourth-order valence-electron chi connectivity index (χ4n) is 2.91. The molecule has 6 N–H and O–H groups in total. The molecular weight excluding hydrogens is 336 g/mol. The molecule has 0 aromatic carbocycles. The smallest absolute Gasteiger partial charge is 0.0639 e. The fraction of sp³-hybridized carbons (Fsp3) is 1.00. The van der Waals surface area contributed by atoms with Crippen LogP contribution in [0.15, 0.2) is 0 Å². The number of nitrogens with zero attached hydrogens (tertiary/aromatic N) is 2. The van der Waals surface area contributed by atoms with Gasteiger partial charge in [0.25, 0.3) is 0 Å². The lowest BCUT2D eigenvalue weighted by Crippen LogP contribution is -2.42. The van der Waals surface area contributed by atoms with Gasteiger partial charge in [-0.3, -0.25) is 9.80 Å². The number of aliphatic hydroxyl groups is 4. The van der Waals surface area contributed by atoms with Crippen molar-refractivity contribution in [1.29, 1.82) is 0 Å². The lowest BCUT2D eigenvalue weighted by molar-refractivity contribution is 0.0831. The van der Waals surface area contributed by atoms with Gasteiger partial charge in [0.1, 0.15) is 0 Å². The van der Waals surface area contributed by atoms with E-state index >= 15 is 0 Å². The molecular formula is C18H42N4O4. The van der Waals surface area contributed by atoms with Crippen molar-refractivity contribution in [2.75, 3.05) is 65.4 Å². The maximum Gasteiger partial charge on any atom is 0.0639 e. The molecule has 0 aliphatic heterocycles. The van der Waals surface area contributed by atoms with Crippen molar-refractivity contribution in [3.8, 4) is 0 Å². The molecule has 0 amide bonds. The molecule has 0 aromatic heterocycles. The standard InChI is InChI=1S/C18H42N4O4/c1-15(23)11-21(12-16(2)24)9-7-19-5-6-20-8-10-22(13-17(3)25)14-18(4)26/h15-20,23-26H,5-14H2,1-4H3. The van der Waals surface area contributed by atoms with Gasteiger partial charge in [-0.05, 0) is 27.7 Å². The molecule has 0 rings (SSSR count). The van der Waals surface area contributed by atoms with Crippen molar-refractivity contribution >= 4 is 0 Å². The summed E-state index contributed by atoms with van der Waals surface area (Å²) in [5.74, 6) is 0. The summed E-state index contributed by atoms with van der Waals surface area (Å²) in [6, 6.07) is 0. The van der Waals surface area contributed by atoms with Crippen LogP contribution < -0.4 is 10.6 Å². The topological polar surface area (TPSA) is 111 Å². The van der Waals surface area contributed by atoms with Gasteiger partial charge in [0.15, 0.2) is 0 Å². The molecule has 4 atom stereocenters. The molecule has 0 radical (unpaired) electrons. The van der Waals surface area contributed by atoms with Crippen LogP contribution in [0.1, 0.15) is 27.7 Å². The third-order valence-corrected chi connectivity index (χ3v) is 3.78. The summed E-state index contributed by atoms with van der Waals surface area (Å²) < 4.78 is 0. The molecule has 0 fully saturated rings. The molecule has 0 aliphatic carbocycles. The summed E-state index contributed by atoms with van der Waals surface area (Å²) in [6.45, 7) is 14.1. The SMILES string of the molecule is CC(O)CN(CCNCCNCCN(CC(C)O)CC(C)O)CC(C)O. The lowest BCUT2D eigenvalue weighted by atomic mass is 10.3. The summed E-state index contributed by atoms with van der Waals surface area (Å²) in [7, 11) is 0. The van der Waals surface area contributed by atoms with E-state index in [0.29, 0.717) is 26.2 Å². The molecule has 0 spiro atoms. The highest BCUT2D eigenvalue weighted by Gasteiger charge is 2.11. The lowest BCUT2D eigenvalue weighted by Gasteiger charge is -2.25. The van der Waals surface area contributed by atoms with Gasteiger partial charge in [0, 0.05) is 65.4 Å². The first-order valence-electron chi connectivity index (χ1n) is 9.79. The second-order valence-corrected chi connectivity index (χ2v) is 7.42. The third kappa shape index (κ3) is 17.1.